The number of aliphatic carboxylic acids is 1. The molecule has 0 aromatic heterocycles. The maximum Gasteiger partial charge on any atom is 0.327 e. The molecule has 3 N–H and O–H groups in total. The summed E-state index contributed by atoms with van der Waals surface area (Å²) in [6, 6.07) is 0. The van der Waals surface area contributed by atoms with Crippen molar-refractivity contribution < 1.29 is 29.4 Å². The van der Waals surface area contributed by atoms with Gasteiger partial charge in [0, 0.05) is 25.6 Å². The van der Waals surface area contributed by atoms with Crippen molar-refractivity contribution in [2.45, 2.75) is 0 Å². The van der Waals surface area contributed by atoms with Gasteiger partial charge in [0.2, 0.25) is 0 Å². The van der Waals surface area contributed by atoms with E-state index in [1.54, 1.807) is 0 Å². The third-order valence-corrected chi connectivity index (χ3v) is 0.175. The number of rotatable bonds is 1. The summed E-state index contributed by atoms with van der Waals surface area (Å²) in [5.74, 6) is -0.981. The first-order valence-electron chi connectivity index (χ1n) is 1.12. The maximum absolute atomic E-state index is 9.25. The van der Waals surface area contributed by atoms with Crippen LogP contribution in [0.4, 0.5) is 0 Å². The number of nitrogens with two attached hydrogens (primary N) is 1. The minimum atomic E-state index is -0.981. The average molecular weight is 153 g/mol. The Morgan fingerprint density at radius 3 is 1.86 bits per heavy atom. The van der Waals surface area contributed by atoms with Crippen LogP contribution in [0, 0.1) is 0 Å². The Morgan fingerprint density at radius 2 is 1.86 bits per heavy atom. The first-order chi connectivity index (χ1) is 2.27. The molecular formula is C3H6NO2Zn-. The summed E-state index contributed by atoms with van der Waals surface area (Å²) < 4.78 is 0. The molecule has 38 valence electrons. The van der Waals surface area contributed by atoms with Gasteiger partial charge in [-0.25, -0.2) is 4.79 Å². The van der Waals surface area contributed by atoms with Crippen molar-refractivity contribution in [1.82, 2.24) is 0 Å². The molecule has 0 unspecified atom stereocenters. The van der Waals surface area contributed by atoms with Crippen molar-refractivity contribution in [1.29, 1.82) is 0 Å². The van der Waals surface area contributed by atoms with E-state index in [0.29, 0.717) is 0 Å². The molecule has 0 atom stereocenters. The second kappa shape index (κ2) is 9.25. The molecule has 0 heterocycles. The van der Waals surface area contributed by atoms with Crippen molar-refractivity contribution in [3.05, 3.63) is 18.8 Å². The predicted molar refractivity (Wildman–Crippen MR) is 23.1 cm³/mol. The molecule has 0 aromatic rings. The number of hydrogen-bond acceptors (Lipinski definition) is 1. The molecule has 0 rings (SSSR count). The zero-order chi connectivity index (χ0) is 4.28. The summed E-state index contributed by atoms with van der Waals surface area (Å²) in [6.07, 6.45) is 0.833. The van der Waals surface area contributed by atoms with E-state index < -0.39 is 5.97 Å². The Kier molecular flexibility index (Phi) is 20.9. The first-order valence-corrected chi connectivity index (χ1v) is 1.12. The fraction of sp³-hybridized carbons (Fsp3) is 0. The SMILES string of the molecule is C=CC(=O)O.[NH2-].[Zn]. The Morgan fingerprint density at radius 1 is 1.71 bits per heavy atom. The Bertz CT molecular complexity index is 64.0. The Labute approximate surface area is 54.8 Å². The van der Waals surface area contributed by atoms with Crippen molar-refractivity contribution in [3.63, 3.8) is 0 Å². The minimum absolute atomic E-state index is 0. The molecule has 3 nitrogen and oxygen atoms in total. The fourth-order valence-corrected chi connectivity index (χ4v) is 0. The van der Waals surface area contributed by atoms with E-state index in [2.05, 4.69) is 6.58 Å². The van der Waals surface area contributed by atoms with Gasteiger partial charge < -0.3 is 11.3 Å². The quantitative estimate of drug-likeness (QED) is 0.450. The molecule has 0 bridgehead atoms. The van der Waals surface area contributed by atoms with Crippen LogP contribution in [0.5, 0.6) is 0 Å². The van der Waals surface area contributed by atoms with Crippen LogP contribution in [0.2, 0.25) is 0 Å². The molecule has 0 saturated heterocycles. The molecular weight excluding hydrogens is 147 g/mol. The van der Waals surface area contributed by atoms with Crippen LogP contribution >= 0.6 is 0 Å². The van der Waals surface area contributed by atoms with Gasteiger partial charge in [-0.05, 0) is 0 Å². The molecule has 7 heavy (non-hydrogen) atoms. The van der Waals surface area contributed by atoms with E-state index in [-0.39, 0.29) is 25.6 Å². The summed E-state index contributed by atoms with van der Waals surface area (Å²) in [4.78, 5) is 9.25. The molecule has 0 amide bonds. The second-order valence-electron chi connectivity index (χ2n) is 0.542. The normalized spacial score (nSPS) is 4.57. The van der Waals surface area contributed by atoms with E-state index in [9.17, 15) is 4.79 Å². The molecule has 0 aromatic carbocycles. The van der Waals surface area contributed by atoms with E-state index in [1.807, 2.05) is 0 Å². The Hall–Kier alpha value is -0.207. The molecule has 0 aliphatic heterocycles. The van der Waals surface area contributed by atoms with Crippen LogP contribution < -0.4 is 0 Å². The average Bonchev–Trinajstić information content (AvgIpc) is 1.38. The van der Waals surface area contributed by atoms with Gasteiger partial charge in [-0.1, -0.05) is 6.58 Å². The van der Waals surface area contributed by atoms with Crippen LogP contribution in [0.1, 0.15) is 0 Å². The number of hydrogen-bond donors (Lipinski definition) is 1. The predicted octanol–water partition coefficient (Wildman–Crippen LogP) is 0.972. The van der Waals surface area contributed by atoms with Crippen molar-refractivity contribution in [3.8, 4) is 0 Å². The van der Waals surface area contributed by atoms with E-state index in [4.69, 9.17) is 5.11 Å². The fourth-order valence-electron chi connectivity index (χ4n) is 0. The smallest absolute Gasteiger partial charge is 0.327 e. The monoisotopic (exact) mass is 152 g/mol. The number of carboxylic acid groups (broad SMARTS) is 1. The second-order valence-corrected chi connectivity index (χ2v) is 0.542. The zero-order valence-corrected chi connectivity index (χ0v) is 6.89. The zero-order valence-electron chi connectivity index (χ0n) is 3.92. The van der Waals surface area contributed by atoms with Crippen molar-refractivity contribution in [2.24, 2.45) is 0 Å². The summed E-state index contributed by atoms with van der Waals surface area (Å²) >= 11 is 0. The minimum Gasteiger partial charge on any atom is -0.693 e. The third kappa shape index (κ3) is 25.9. The van der Waals surface area contributed by atoms with E-state index >= 15 is 0 Å². The topological polar surface area (TPSA) is 70.8 Å². The molecule has 0 saturated carbocycles. The summed E-state index contributed by atoms with van der Waals surface area (Å²) in [5.41, 5.74) is 0. The Balaban J connectivity index is -0.0000000800. The van der Waals surface area contributed by atoms with Crippen LogP contribution in [0.3, 0.4) is 0 Å². The van der Waals surface area contributed by atoms with Gasteiger partial charge in [-0.3, -0.25) is 0 Å². The molecule has 0 spiro atoms. The number of carboxylic acids is 1. The summed E-state index contributed by atoms with van der Waals surface area (Å²) in [5, 5.41) is 7.60. The molecule has 0 fully saturated rings. The molecule has 0 radical (unpaired) electrons. The van der Waals surface area contributed by atoms with Gasteiger partial charge >= 0.3 is 5.97 Å². The van der Waals surface area contributed by atoms with Gasteiger partial charge in [0.05, 0.1) is 0 Å². The van der Waals surface area contributed by atoms with Crippen LogP contribution in [0.25, 0.3) is 6.15 Å². The largest absolute Gasteiger partial charge is 0.693 e. The van der Waals surface area contributed by atoms with E-state index in [1.165, 1.54) is 0 Å². The van der Waals surface area contributed by atoms with Gasteiger partial charge in [0.15, 0.2) is 0 Å². The van der Waals surface area contributed by atoms with Crippen LogP contribution in [0.15, 0.2) is 12.7 Å². The van der Waals surface area contributed by atoms with Crippen LogP contribution in [-0.4, -0.2) is 11.1 Å². The van der Waals surface area contributed by atoms with Gasteiger partial charge in [-0.15, -0.1) is 0 Å². The van der Waals surface area contributed by atoms with Gasteiger partial charge in [-0.2, -0.15) is 0 Å². The molecule has 0 aliphatic rings. The first kappa shape index (κ1) is 15.8. The molecule has 4 heteroatoms. The standard InChI is InChI=1S/C3H4O2.H2N.Zn/c1-2-3(4)5;;/h2H,1H2,(H,4,5);1H2;/q;-1;. The van der Waals surface area contributed by atoms with Crippen molar-refractivity contribution >= 4 is 5.97 Å². The molecule has 0 aliphatic carbocycles. The van der Waals surface area contributed by atoms with E-state index in [0.717, 1.165) is 6.08 Å². The van der Waals surface area contributed by atoms with Gasteiger partial charge in [0.1, 0.15) is 0 Å². The maximum atomic E-state index is 9.25. The third-order valence-electron chi connectivity index (χ3n) is 0.175. The summed E-state index contributed by atoms with van der Waals surface area (Å²) in [6.45, 7) is 2.96. The van der Waals surface area contributed by atoms with Crippen LogP contribution in [-0.2, 0) is 24.3 Å². The van der Waals surface area contributed by atoms with Crippen molar-refractivity contribution in [2.75, 3.05) is 0 Å². The number of carbonyl (C=O) groups is 1. The summed E-state index contributed by atoms with van der Waals surface area (Å²) in [7, 11) is 0. The van der Waals surface area contributed by atoms with Gasteiger partial charge in [0.25, 0.3) is 0 Å².